The number of nitrogens with zero attached hydrogens (tertiary/aromatic N) is 2. The van der Waals surface area contributed by atoms with E-state index in [-0.39, 0.29) is 0 Å². The van der Waals surface area contributed by atoms with Gasteiger partial charge in [0, 0.05) is 44.0 Å². The average Bonchev–Trinajstić information content (AvgIpc) is 2.78. The molecule has 16 heavy (non-hydrogen) atoms. The molecule has 1 fully saturated rings. The topological polar surface area (TPSA) is 44.0 Å². The number of hydrogen-bond donors (Lipinski definition) is 2. The Morgan fingerprint density at radius 1 is 1.31 bits per heavy atom. The van der Waals surface area contributed by atoms with Gasteiger partial charge < -0.3 is 15.2 Å². The highest BCUT2D eigenvalue weighted by molar-refractivity contribution is 9.10. The van der Waals surface area contributed by atoms with Gasteiger partial charge in [-0.15, -0.1) is 0 Å². The highest BCUT2D eigenvalue weighted by Crippen LogP contribution is 2.32. The largest absolute Gasteiger partial charge is 0.367 e. The van der Waals surface area contributed by atoms with Crippen molar-refractivity contribution in [2.24, 2.45) is 0 Å². The SMILES string of the molecule is Brc1cnc2[nH]ccc2c1N1CCNCC1. The molecule has 2 N–H and O–H groups in total. The summed E-state index contributed by atoms with van der Waals surface area (Å²) in [5.41, 5.74) is 2.21. The standard InChI is InChI=1S/C11H13BrN4/c12-9-7-15-11-8(1-2-14-11)10(9)16-5-3-13-4-6-16/h1-2,7,13H,3-6H2,(H,14,15). The van der Waals surface area contributed by atoms with Gasteiger partial charge in [0.15, 0.2) is 0 Å². The summed E-state index contributed by atoms with van der Waals surface area (Å²) in [4.78, 5) is 9.90. The van der Waals surface area contributed by atoms with Crippen LogP contribution in [-0.2, 0) is 0 Å². The van der Waals surface area contributed by atoms with Crippen molar-refractivity contribution in [1.82, 2.24) is 15.3 Å². The molecule has 3 heterocycles. The number of aromatic amines is 1. The lowest BCUT2D eigenvalue weighted by Crippen LogP contribution is -2.43. The van der Waals surface area contributed by atoms with E-state index in [0.29, 0.717) is 0 Å². The number of rotatable bonds is 1. The smallest absolute Gasteiger partial charge is 0.139 e. The molecule has 0 bridgehead atoms. The van der Waals surface area contributed by atoms with Crippen molar-refractivity contribution in [1.29, 1.82) is 0 Å². The fraction of sp³-hybridized carbons (Fsp3) is 0.364. The molecule has 0 atom stereocenters. The second-order valence-electron chi connectivity index (χ2n) is 3.93. The number of fused-ring (bicyclic) bond motifs is 1. The number of piperazine rings is 1. The number of halogens is 1. The minimum absolute atomic E-state index is 0.955. The molecule has 1 saturated heterocycles. The van der Waals surface area contributed by atoms with Gasteiger partial charge >= 0.3 is 0 Å². The van der Waals surface area contributed by atoms with E-state index in [2.05, 4.69) is 42.2 Å². The lowest BCUT2D eigenvalue weighted by Gasteiger charge is -2.30. The van der Waals surface area contributed by atoms with Crippen LogP contribution in [0.1, 0.15) is 0 Å². The van der Waals surface area contributed by atoms with Crippen LogP contribution in [0.5, 0.6) is 0 Å². The molecule has 1 aliphatic heterocycles. The molecule has 0 spiro atoms. The predicted octanol–water partition coefficient (Wildman–Crippen LogP) is 1.73. The third-order valence-electron chi connectivity index (χ3n) is 2.95. The summed E-state index contributed by atoms with van der Waals surface area (Å²) in [6.07, 6.45) is 3.81. The van der Waals surface area contributed by atoms with Crippen molar-refractivity contribution >= 4 is 32.7 Å². The minimum atomic E-state index is 0.955. The van der Waals surface area contributed by atoms with Crippen molar-refractivity contribution < 1.29 is 0 Å². The van der Waals surface area contributed by atoms with Crippen LogP contribution in [0.25, 0.3) is 11.0 Å². The summed E-state index contributed by atoms with van der Waals surface area (Å²) in [5, 5.41) is 4.56. The third kappa shape index (κ3) is 1.60. The van der Waals surface area contributed by atoms with Crippen LogP contribution in [0.15, 0.2) is 22.9 Å². The van der Waals surface area contributed by atoms with E-state index in [1.807, 2.05) is 12.4 Å². The van der Waals surface area contributed by atoms with E-state index in [4.69, 9.17) is 0 Å². The van der Waals surface area contributed by atoms with Crippen LogP contribution in [0, 0.1) is 0 Å². The van der Waals surface area contributed by atoms with E-state index < -0.39 is 0 Å². The molecule has 3 rings (SSSR count). The number of aromatic nitrogens is 2. The Labute approximate surface area is 102 Å². The molecule has 2 aromatic heterocycles. The molecule has 0 amide bonds. The Balaban J connectivity index is 2.12. The third-order valence-corrected chi connectivity index (χ3v) is 3.53. The maximum Gasteiger partial charge on any atom is 0.139 e. The van der Waals surface area contributed by atoms with E-state index in [1.165, 1.54) is 11.1 Å². The zero-order valence-electron chi connectivity index (χ0n) is 8.83. The van der Waals surface area contributed by atoms with Gasteiger partial charge in [-0.25, -0.2) is 4.98 Å². The predicted molar refractivity (Wildman–Crippen MR) is 68.9 cm³/mol. The number of pyridine rings is 1. The monoisotopic (exact) mass is 280 g/mol. The van der Waals surface area contributed by atoms with Gasteiger partial charge in [0.25, 0.3) is 0 Å². The number of nitrogens with one attached hydrogen (secondary N) is 2. The zero-order valence-corrected chi connectivity index (χ0v) is 10.4. The minimum Gasteiger partial charge on any atom is -0.367 e. The second-order valence-corrected chi connectivity index (χ2v) is 4.79. The van der Waals surface area contributed by atoms with E-state index in [0.717, 1.165) is 36.3 Å². The van der Waals surface area contributed by atoms with E-state index in [1.54, 1.807) is 0 Å². The van der Waals surface area contributed by atoms with Crippen molar-refractivity contribution in [2.45, 2.75) is 0 Å². The summed E-state index contributed by atoms with van der Waals surface area (Å²) in [6, 6.07) is 2.09. The lowest BCUT2D eigenvalue weighted by molar-refractivity contribution is 0.589. The van der Waals surface area contributed by atoms with Crippen LogP contribution >= 0.6 is 15.9 Å². The highest BCUT2D eigenvalue weighted by atomic mass is 79.9. The van der Waals surface area contributed by atoms with Gasteiger partial charge in [0.2, 0.25) is 0 Å². The Bertz CT molecular complexity index is 502. The molecule has 0 unspecified atom stereocenters. The average molecular weight is 281 g/mol. The lowest BCUT2D eigenvalue weighted by atomic mass is 10.2. The Hall–Kier alpha value is -1.07. The number of hydrogen-bond acceptors (Lipinski definition) is 3. The van der Waals surface area contributed by atoms with Crippen molar-refractivity contribution in [3.8, 4) is 0 Å². The van der Waals surface area contributed by atoms with Gasteiger partial charge in [-0.3, -0.25) is 0 Å². The molecular weight excluding hydrogens is 268 g/mol. The summed E-state index contributed by atoms with van der Waals surface area (Å²) < 4.78 is 1.07. The zero-order chi connectivity index (χ0) is 11.0. The van der Waals surface area contributed by atoms with E-state index >= 15 is 0 Å². The molecule has 0 radical (unpaired) electrons. The molecule has 0 aliphatic carbocycles. The van der Waals surface area contributed by atoms with Crippen molar-refractivity contribution in [2.75, 3.05) is 31.1 Å². The first-order chi connectivity index (χ1) is 7.86. The fourth-order valence-electron chi connectivity index (χ4n) is 2.18. The summed E-state index contributed by atoms with van der Waals surface area (Å²) in [7, 11) is 0. The molecule has 4 nitrogen and oxygen atoms in total. The van der Waals surface area contributed by atoms with Crippen LogP contribution in [0.3, 0.4) is 0 Å². The molecule has 5 heteroatoms. The van der Waals surface area contributed by atoms with E-state index in [9.17, 15) is 0 Å². The van der Waals surface area contributed by atoms with Gasteiger partial charge in [-0.1, -0.05) is 0 Å². The maximum absolute atomic E-state index is 4.35. The van der Waals surface area contributed by atoms with Gasteiger partial charge in [-0.2, -0.15) is 0 Å². The first kappa shape index (κ1) is 10.1. The molecule has 1 aliphatic rings. The van der Waals surface area contributed by atoms with Crippen molar-refractivity contribution in [3.63, 3.8) is 0 Å². The van der Waals surface area contributed by atoms with Crippen molar-refractivity contribution in [3.05, 3.63) is 22.9 Å². The van der Waals surface area contributed by atoms with Gasteiger partial charge in [-0.05, 0) is 22.0 Å². The Morgan fingerprint density at radius 3 is 2.94 bits per heavy atom. The normalized spacial score (nSPS) is 16.9. The van der Waals surface area contributed by atoms with Crippen LogP contribution in [-0.4, -0.2) is 36.1 Å². The number of anilines is 1. The highest BCUT2D eigenvalue weighted by Gasteiger charge is 2.17. The molecule has 0 aromatic carbocycles. The summed E-state index contributed by atoms with van der Waals surface area (Å²) >= 11 is 3.60. The molecule has 0 saturated carbocycles. The summed E-state index contributed by atoms with van der Waals surface area (Å²) in [6.45, 7) is 4.17. The van der Waals surface area contributed by atoms with Crippen LogP contribution in [0.2, 0.25) is 0 Å². The maximum atomic E-state index is 4.35. The second kappa shape index (κ2) is 4.07. The molecule has 2 aromatic rings. The van der Waals surface area contributed by atoms with Gasteiger partial charge in [0.1, 0.15) is 5.65 Å². The number of H-pyrrole nitrogens is 1. The fourth-order valence-corrected chi connectivity index (χ4v) is 2.75. The Kier molecular flexibility index (Phi) is 2.57. The molecule has 84 valence electrons. The van der Waals surface area contributed by atoms with Gasteiger partial charge in [0.05, 0.1) is 10.2 Å². The summed E-state index contributed by atoms with van der Waals surface area (Å²) in [5.74, 6) is 0. The Morgan fingerprint density at radius 2 is 2.12 bits per heavy atom. The van der Waals surface area contributed by atoms with Crippen LogP contribution < -0.4 is 10.2 Å². The first-order valence-electron chi connectivity index (χ1n) is 5.43. The molecular formula is C11H13BrN4. The first-order valence-corrected chi connectivity index (χ1v) is 6.23. The van der Waals surface area contributed by atoms with Crippen LogP contribution in [0.4, 0.5) is 5.69 Å². The quantitative estimate of drug-likeness (QED) is 0.836.